The lowest BCUT2D eigenvalue weighted by atomic mass is 10.1. The maximum Gasteiger partial charge on any atom is 0.221 e. The van der Waals surface area contributed by atoms with E-state index in [1.807, 2.05) is 72.8 Å². The first kappa shape index (κ1) is 22.0. The molecule has 0 saturated heterocycles. The number of ether oxygens (including phenoxy) is 3. The van der Waals surface area contributed by atoms with Gasteiger partial charge in [-0.1, -0.05) is 60.7 Å². The van der Waals surface area contributed by atoms with Gasteiger partial charge in [0.25, 0.3) is 0 Å². The van der Waals surface area contributed by atoms with E-state index >= 15 is 0 Å². The van der Waals surface area contributed by atoms with Gasteiger partial charge in [-0.15, -0.1) is 0 Å². The Balaban J connectivity index is 1.65. The molecule has 0 amide bonds. The molecule has 0 aliphatic carbocycles. The lowest BCUT2D eigenvalue weighted by Gasteiger charge is -2.18. The van der Waals surface area contributed by atoms with Gasteiger partial charge in [0, 0.05) is 18.2 Å². The third-order valence-corrected chi connectivity index (χ3v) is 5.07. The van der Waals surface area contributed by atoms with Crippen molar-refractivity contribution in [3.63, 3.8) is 0 Å². The second-order valence-corrected chi connectivity index (χ2v) is 7.49. The van der Waals surface area contributed by atoms with Crippen LogP contribution in [0.1, 0.15) is 22.3 Å². The minimum absolute atomic E-state index is 0.144. The van der Waals surface area contributed by atoms with Crippen molar-refractivity contribution in [2.45, 2.75) is 19.6 Å². The number of nitrogens with zero attached hydrogens (tertiary/aromatic N) is 2. The molecule has 0 aliphatic heterocycles. The Morgan fingerprint density at radius 3 is 1.97 bits per heavy atom. The molecule has 33 heavy (non-hydrogen) atoms. The third kappa shape index (κ3) is 5.71. The molecule has 0 radical (unpaired) electrons. The summed E-state index contributed by atoms with van der Waals surface area (Å²) in [6, 6.07) is 23.7. The summed E-state index contributed by atoms with van der Waals surface area (Å²) in [6.07, 6.45) is 2.12. The van der Waals surface area contributed by atoms with Crippen LogP contribution in [0.4, 0.5) is 11.8 Å². The molecular weight excluding hydrogens is 416 g/mol. The van der Waals surface area contributed by atoms with Gasteiger partial charge >= 0.3 is 0 Å². The zero-order valence-electron chi connectivity index (χ0n) is 18.4. The quantitative estimate of drug-likeness (QED) is 0.396. The fourth-order valence-corrected chi connectivity index (χ4v) is 3.39. The fourth-order valence-electron chi connectivity index (χ4n) is 3.39. The van der Waals surface area contributed by atoms with Crippen molar-refractivity contribution in [2.24, 2.45) is 0 Å². The number of benzene rings is 3. The van der Waals surface area contributed by atoms with E-state index in [9.17, 15) is 0 Å². The largest absolute Gasteiger partial charge is 0.493 e. The summed E-state index contributed by atoms with van der Waals surface area (Å²) in [5, 5.41) is 0. The van der Waals surface area contributed by atoms with E-state index in [2.05, 4.69) is 9.97 Å². The van der Waals surface area contributed by atoms with E-state index < -0.39 is 0 Å². The van der Waals surface area contributed by atoms with Crippen LogP contribution in [-0.2, 0) is 19.6 Å². The van der Waals surface area contributed by atoms with Crippen LogP contribution < -0.4 is 25.7 Å². The van der Waals surface area contributed by atoms with Crippen LogP contribution in [0.15, 0.2) is 79.0 Å². The van der Waals surface area contributed by atoms with Crippen molar-refractivity contribution in [3.05, 3.63) is 101 Å². The number of anilines is 2. The highest BCUT2D eigenvalue weighted by Gasteiger charge is 2.17. The summed E-state index contributed by atoms with van der Waals surface area (Å²) in [7, 11) is 1.61. The van der Waals surface area contributed by atoms with Gasteiger partial charge in [0.1, 0.15) is 19.0 Å². The highest BCUT2D eigenvalue weighted by atomic mass is 16.5. The topological polar surface area (TPSA) is 106 Å². The first-order valence-electron chi connectivity index (χ1n) is 10.5. The second kappa shape index (κ2) is 10.4. The molecule has 0 fully saturated rings. The summed E-state index contributed by atoms with van der Waals surface area (Å²) in [5.74, 6) is 2.19. The lowest BCUT2D eigenvalue weighted by Crippen LogP contribution is -2.06. The Labute approximate surface area is 193 Å². The number of rotatable bonds is 9. The second-order valence-electron chi connectivity index (χ2n) is 7.49. The number of nitrogens with two attached hydrogens (primary N) is 2. The smallest absolute Gasteiger partial charge is 0.221 e. The van der Waals surface area contributed by atoms with Crippen LogP contribution in [0.5, 0.6) is 17.2 Å². The van der Waals surface area contributed by atoms with E-state index in [-0.39, 0.29) is 5.95 Å². The van der Waals surface area contributed by atoms with Gasteiger partial charge in [-0.3, -0.25) is 0 Å². The maximum atomic E-state index is 6.19. The van der Waals surface area contributed by atoms with Crippen molar-refractivity contribution in [1.29, 1.82) is 0 Å². The van der Waals surface area contributed by atoms with Gasteiger partial charge < -0.3 is 25.7 Å². The molecule has 1 heterocycles. The SMILES string of the molecule is COc1cc(Cc2cnc(N)nc2N)cc(OCc2ccccc2)c1OCc1ccccc1. The van der Waals surface area contributed by atoms with Crippen molar-refractivity contribution < 1.29 is 14.2 Å². The number of aromatic nitrogens is 2. The molecule has 0 bridgehead atoms. The molecule has 0 unspecified atom stereocenters. The first-order valence-corrected chi connectivity index (χ1v) is 10.5. The summed E-state index contributed by atoms with van der Waals surface area (Å²) in [6.45, 7) is 0.777. The standard InChI is InChI=1S/C26H26N4O3/c1-31-22-13-20(12-21-15-29-26(28)30-25(21)27)14-23(32-16-18-8-4-2-5-9-18)24(22)33-17-19-10-6-3-7-11-19/h2-11,13-15H,12,16-17H2,1H3,(H4,27,28,29,30). The number of methoxy groups -OCH3 is 1. The molecular formula is C26H26N4O3. The van der Waals surface area contributed by atoms with E-state index in [0.29, 0.717) is 42.7 Å². The van der Waals surface area contributed by atoms with Gasteiger partial charge in [0.05, 0.1) is 7.11 Å². The molecule has 0 aliphatic rings. The van der Waals surface area contributed by atoms with Crippen molar-refractivity contribution in [2.75, 3.05) is 18.6 Å². The van der Waals surface area contributed by atoms with Crippen LogP contribution in [0.2, 0.25) is 0 Å². The van der Waals surface area contributed by atoms with E-state index in [1.165, 1.54) is 0 Å². The van der Waals surface area contributed by atoms with Gasteiger partial charge in [-0.25, -0.2) is 4.98 Å². The Kier molecular flexibility index (Phi) is 6.90. The molecule has 4 N–H and O–H groups in total. The van der Waals surface area contributed by atoms with Crippen LogP contribution >= 0.6 is 0 Å². The summed E-state index contributed by atoms with van der Waals surface area (Å²) in [5.41, 5.74) is 15.4. The van der Waals surface area contributed by atoms with E-state index in [4.69, 9.17) is 25.7 Å². The Morgan fingerprint density at radius 2 is 1.36 bits per heavy atom. The van der Waals surface area contributed by atoms with Gasteiger partial charge in [0.2, 0.25) is 11.7 Å². The van der Waals surface area contributed by atoms with Crippen molar-refractivity contribution in [1.82, 2.24) is 9.97 Å². The van der Waals surface area contributed by atoms with Gasteiger partial charge in [-0.05, 0) is 28.8 Å². The Bertz CT molecular complexity index is 1200. The first-order chi connectivity index (χ1) is 16.1. The predicted molar refractivity (Wildman–Crippen MR) is 128 cm³/mol. The van der Waals surface area contributed by atoms with E-state index in [1.54, 1.807) is 13.3 Å². The molecule has 0 spiro atoms. The average Bonchev–Trinajstić information content (AvgIpc) is 2.84. The molecule has 4 rings (SSSR count). The molecule has 7 heteroatoms. The number of hydrogen-bond donors (Lipinski definition) is 2. The molecule has 7 nitrogen and oxygen atoms in total. The monoisotopic (exact) mass is 442 g/mol. The highest BCUT2D eigenvalue weighted by Crippen LogP contribution is 2.40. The molecule has 0 atom stereocenters. The molecule has 3 aromatic carbocycles. The maximum absolute atomic E-state index is 6.19. The molecule has 4 aromatic rings. The van der Waals surface area contributed by atoms with Gasteiger partial charge in [-0.2, -0.15) is 4.98 Å². The summed E-state index contributed by atoms with van der Waals surface area (Å²) in [4.78, 5) is 8.11. The van der Waals surface area contributed by atoms with Crippen LogP contribution in [0.3, 0.4) is 0 Å². The Hall–Kier alpha value is -4.26. The molecule has 1 aromatic heterocycles. The fraction of sp³-hybridized carbons (Fsp3) is 0.154. The number of nitrogen functional groups attached to an aromatic ring is 2. The third-order valence-electron chi connectivity index (χ3n) is 5.07. The minimum Gasteiger partial charge on any atom is -0.493 e. The lowest BCUT2D eigenvalue weighted by molar-refractivity contribution is 0.243. The zero-order valence-corrected chi connectivity index (χ0v) is 18.4. The predicted octanol–water partition coefficient (Wildman–Crippen LogP) is 4.40. The molecule has 168 valence electrons. The average molecular weight is 443 g/mol. The van der Waals surface area contributed by atoms with Crippen molar-refractivity contribution >= 4 is 11.8 Å². The Morgan fingerprint density at radius 1 is 0.758 bits per heavy atom. The summed E-state index contributed by atoms with van der Waals surface area (Å²) < 4.78 is 18.0. The highest BCUT2D eigenvalue weighted by molar-refractivity contribution is 5.55. The minimum atomic E-state index is 0.144. The van der Waals surface area contributed by atoms with Crippen LogP contribution in [-0.4, -0.2) is 17.1 Å². The number of hydrogen-bond acceptors (Lipinski definition) is 7. The van der Waals surface area contributed by atoms with Crippen molar-refractivity contribution in [3.8, 4) is 17.2 Å². The van der Waals surface area contributed by atoms with Crippen LogP contribution in [0.25, 0.3) is 0 Å². The summed E-state index contributed by atoms with van der Waals surface area (Å²) >= 11 is 0. The van der Waals surface area contributed by atoms with Crippen LogP contribution in [0, 0.1) is 0 Å². The van der Waals surface area contributed by atoms with E-state index in [0.717, 1.165) is 22.3 Å². The zero-order chi connectivity index (χ0) is 23.0. The normalized spacial score (nSPS) is 10.6. The molecule has 0 saturated carbocycles. The van der Waals surface area contributed by atoms with Gasteiger partial charge in [0.15, 0.2) is 11.5 Å².